The van der Waals surface area contributed by atoms with Gasteiger partial charge in [-0.1, -0.05) is 42.5 Å². The molecular formula is C49H57N5O18. The summed E-state index contributed by atoms with van der Waals surface area (Å²) in [5, 5.41) is 74.0. The summed E-state index contributed by atoms with van der Waals surface area (Å²) in [6.07, 6.45) is -9.03. The molecule has 9 N–H and O–H groups in total. The van der Waals surface area contributed by atoms with Gasteiger partial charge in [-0.15, -0.1) is 0 Å². The van der Waals surface area contributed by atoms with Gasteiger partial charge in [0.2, 0.25) is 29.4 Å². The van der Waals surface area contributed by atoms with Crippen molar-refractivity contribution in [2.24, 2.45) is 0 Å². The minimum Gasteiger partial charge on any atom is -0.507 e. The van der Waals surface area contributed by atoms with Gasteiger partial charge in [0.15, 0.2) is 17.9 Å². The third kappa shape index (κ3) is 10.3. The van der Waals surface area contributed by atoms with Gasteiger partial charge < -0.3 is 70.4 Å². The molecule has 72 heavy (non-hydrogen) atoms. The fourth-order valence-electron chi connectivity index (χ4n) is 9.44. The first-order valence-corrected chi connectivity index (χ1v) is 23.1. The first kappa shape index (κ1) is 52.8. The monoisotopic (exact) mass is 1000 g/mol. The zero-order chi connectivity index (χ0) is 52.5. The van der Waals surface area contributed by atoms with Crippen molar-refractivity contribution in [3.05, 3.63) is 87.5 Å². The summed E-state index contributed by atoms with van der Waals surface area (Å²) in [5.74, 6) is -7.43. The van der Waals surface area contributed by atoms with E-state index in [-0.39, 0.29) is 54.0 Å². The predicted octanol–water partition coefficient (Wildman–Crippen LogP) is -0.601. The predicted molar refractivity (Wildman–Crippen MR) is 246 cm³/mol. The Kier molecular flexibility index (Phi) is 15.7. The lowest BCUT2D eigenvalue weighted by Crippen LogP contribution is -2.59. The number of β-amino-alcohol motifs (C(OH)–C–C–N with tert-alkyl or cyclic N) is 1. The van der Waals surface area contributed by atoms with Gasteiger partial charge in [0.25, 0.3) is 0 Å². The highest BCUT2D eigenvalue weighted by atomic mass is 16.7. The molecule has 4 aliphatic rings. The van der Waals surface area contributed by atoms with Crippen LogP contribution in [0.5, 0.6) is 17.2 Å². The molecule has 1 unspecified atom stereocenters. The van der Waals surface area contributed by atoms with E-state index in [9.17, 15) is 69.0 Å². The largest absolute Gasteiger partial charge is 0.507 e. The molecule has 0 spiro atoms. The maximum Gasteiger partial charge on any atom is 0.410 e. The normalized spacial score (nSPS) is 25.2. The summed E-state index contributed by atoms with van der Waals surface area (Å²) < 4.78 is 22.8. The number of rotatable bonds is 15. The zero-order valence-corrected chi connectivity index (χ0v) is 39.9. The highest BCUT2D eigenvalue weighted by molar-refractivity contribution is 6.31. The maximum atomic E-state index is 14.0. The number of benzene rings is 3. The van der Waals surface area contributed by atoms with Crippen LogP contribution in [-0.2, 0) is 51.2 Å². The van der Waals surface area contributed by atoms with E-state index in [0.29, 0.717) is 5.56 Å². The van der Waals surface area contributed by atoms with Crippen molar-refractivity contribution < 1.29 is 87.9 Å². The lowest BCUT2D eigenvalue weighted by molar-refractivity contribution is -0.249. The van der Waals surface area contributed by atoms with Crippen molar-refractivity contribution >= 4 is 47.1 Å². The Morgan fingerprint density at radius 1 is 0.931 bits per heavy atom. The van der Waals surface area contributed by atoms with Gasteiger partial charge in [-0.3, -0.25) is 38.5 Å². The van der Waals surface area contributed by atoms with E-state index in [2.05, 4.69) is 16.0 Å². The van der Waals surface area contributed by atoms with E-state index in [1.54, 1.807) is 30.3 Å². The molecule has 0 bridgehead atoms. The van der Waals surface area contributed by atoms with Crippen molar-refractivity contribution in [2.75, 3.05) is 33.9 Å². The fraction of sp³-hybridized carbons (Fsp3) is 0.469. The summed E-state index contributed by atoms with van der Waals surface area (Å²) in [6, 6.07) is 8.35. The molecule has 2 heterocycles. The Labute approximate surface area is 412 Å². The van der Waals surface area contributed by atoms with Crippen molar-refractivity contribution in [1.82, 2.24) is 25.8 Å². The highest BCUT2D eigenvalue weighted by Crippen LogP contribution is 2.52. The molecule has 3 aromatic carbocycles. The summed E-state index contributed by atoms with van der Waals surface area (Å²) in [6.45, 7) is 2.19. The molecule has 2 fully saturated rings. The van der Waals surface area contributed by atoms with Crippen molar-refractivity contribution in [3.8, 4) is 17.2 Å². The number of likely N-dealkylation sites (N-methyl/N-ethyl adjacent to an activating group) is 1. The molecule has 5 amide bonds. The average molecular weight is 1000 g/mol. The van der Waals surface area contributed by atoms with Gasteiger partial charge >= 0.3 is 6.09 Å². The van der Waals surface area contributed by atoms with E-state index in [0.717, 1.165) is 9.80 Å². The number of nitrogens with zero attached hydrogens (tertiary/aromatic N) is 2. The minimum atomic E-state index is -2.43. The number of carbonyl (C=O) groups is 8. The van der Waals surface area contributed by atoms with Gasteiger partial charge in [-0.25, -0.2) is 4.79 Å². The van der Waals surface area contributed by atoms with Crippen LogP contribution in [0.25, 0.3) is 0 Å². The topological polar surface area (TPSA) is 337 Å². The number of aliphatic hydroxyl groups excluding tert-OH is 3. The quantitative estimate of drug-likeness (QED) is 0.0672. The second kappa shape index (κ2) is 21.4. The van der Waals surface area contributed by atoms with Crippen LogP contribution in [0.15, 0.2) is 48.5 Å². The average Bonchev–Trinajstić information content (AvgIpc) is 3.77. The van der Waals surface area contributed by atoms with Crippen LogP contribution in [0, 0.1) is 0 Å². The molecule has 0 aromatic heterocycles. The van der Waals surface area contributed by atoms with Crippen LogP contribution in [0.3, 0.4) is 0 Å². The van der Waals surface area contributed by atoms with E-state index < -0.39 is 156 Å². The molecule has 23 heteroatoms. The number of likely N-dealkylation sites (tertiary alicyclic amines) is 1. The smallest absolute Gasteiger partial charge is 0.410 e. The molecular weight excluding hydrogens is 947 g/mol. The number of amides is 5. The number of Topliss-reactive ketones (excluding diaryl/α,β-unsaturated/α-hetero) is 1. The van der Waals surface area contributed by atoms with Crippen LogP contribution in [0.2, 0.25) is 0 Å². The number of methoxy groups -OCH3 is 1. The molecule has 7 rings (SSSR count). The number of hydrogen-bond acceptors (Lipinski definition) is 18. The number of phenolic OH excluding ortho intramolecular Hbond substituents is 2. The Morgan fingerprint density at radius 3 is 2.31 bits per heavy atom. The highest BCUT2D eigenvalue weighted by Gasteiger charge is 2.51. The summed E-state index contributed by atoms with van der Waals surface area (Å²) in [7, 11) is 2.57. The number of aromatic hydroxyl groups is 2. The number of fused-ring (bicyclic) bond motifs is 3. The molecule has 0 saturated carbocycles. The van der Waals surface area contributed by atoms with Crippen LogP contribution in [0.4, 0.5) is 4.79 Å². The molecule has 2 aliphatic carbocycles. The minimum absolute atomic E-state index is 0.0156. The van der Waals surface area contributed by atoms with Crippen LogP contribution >= 0.6 is 0 Å². The number of nitrogens with one attached hydrogen (secondary N) is 3. The SMILES string of the molecule is COc1cccc2c1C(=O)c1c(O)c3c(c(O)c1C2=O)C[C@](O)(C(=O)CO)C[C@H]3O[C@@H]1C[C@@H](NC(=O)[C@H](C)N(C)C(=O)CNC(=O)[C@H](C)NC(=O)C2C[C@@H](O)CN2C(=O)OCc2ccccc2)[C@@H](O)[C@@H](C)O1. The van der Waals surface area contributed by atoms with Gasteiger partial charge in [0.1, 0.15) is 60.3 Å². The van der Waals surface area contributed by atoms with Gasteiger partial charge in [-0.05, 0) is 32.4 Å². The summed E-state index contributed by atoms with van der Waals surface area (Å²) >= 11 is 0. The molecule has 386 valence electrons. The number of aliphatic hydroxyl groups is 4. The fourth-order valence-corrected chi connectivity index (χ4v) is 9.44. The van der Waals surface area contributed by atoms with Gasteiger partial charge in [-0.2, -0.15) is 0 Å². The number of phenols is 2. The third-order valence-electron chi connectivity index (χ3n) is 13.6. The number of ketones is 3. The Bertz CT molecular complexity index is 2660. The Hall–Kier alpha value is -7.02. The Morgan fingerprint density at radius 2 is 1.62 bits per heavy atom. The number of carbonyl (C=O) groups excluding carboxylic acids is 8. The van der Waals surface area contributed by atoms with Crippen molar-refractivity contribution in [2.45, 2.75) is 114 Å². The molecule has 10 atom stereocenters. The zero-order valence-electron chi connectivity index (χ0n) is 39.9. The second-order valence-electron chi connectivity index (χ2n) is 18.3. The molecule has 23 nitrogen and oxygen atoms in total. The van der Waals surface area contributed by atoms with E-state index in [4.69, 9.17) is 18.9 Å². The molecule has 0 radical (unpaired) electrons. The van der Waals surface area contributed by atoms with Crippen molar-refractivity contribution in [3.63, 3.8) is 0 Å². The number of hydrogen-bond donors (Lipinski definition) is 9. The van der Waals surface area contributed by atoms with Crippen LogP contribution in [0.1, 0.15) is 94.7 Å². The number of ether oxygens (including phenoxy) is 4. The standard InChI is InChI=1S/C49H57N5O18/c1-22(51-47(66)30-14-26(56)19-54(30)48(67)70-21-25-10-7-6-8-11-25)45(64)50-18-34(58)53(4)23(2)46(65)52-29-15-35(71-24(3)40(29)59)72-32-17-49(68,33(57)20-55)16-28-37(32)44(63)39-38(42(28)61)41(60)27-12-9-13-31(69-5)36(27)43(39)62/h6-13,22-24,26,29-30,32,35,40,55-56,59,61,63,68H,14-21H2,1-5H3,(H,50,64)(H,51,66)(H,52,65)/t22-,23-,24+,26+,29+,30?,32+,35+,40-,49+/m0/s1. The van der Waals surface area contributed by atoms with E-state index in [1.807, 2.05) is 0 Å². The van der Waals surface area contributed by atoms with Crippen LogP contribution in [-0.4, -0.2) is 176 Å². The molecule has 2 saturated heterocycles. The van der Waals surface area contributed by atoms with Gasteiger partial charge in [0.05, 0.1) is 61.2 Å². The first-order chi connectivity index (χ1) is 34.1. The second-order valence-corrected chi connectivity index (χ2v) is 18.3. The lowest BCUT2D eigenvalue weighted by atomic mass is 9.72. The molecule has 3 aromatic rings. The summed E-state index contributed by atoms with van der Waals surface area (Å²) in [5.41, 5.74) is -3.78. The Balaban J connectivity index is 0.984. The van der Waals surface area contributed by atoms with Crippen LogP contribution < -0.4 is 20.7 Å². The summed E-state index contributed by atoms with van der Waals surface area (Å²) in [4.78, 5) is 109. The van der Waals surface area contributed by atoms with E-state index >= 15 is 0 Å². The lowest BCUT2D eigenvalue weighted by Gasteiger charge is -2.43. The first-order valence-electron chi connectivity index (χ1n) is 23.1. The maximum absolute atomic E-state index is 14.0. The van der Waals surface area contributed by atoms with Gasteiger partial charge in [0, 0.05) is 49.4 Å². The van der Waals surface area contributed by atoms with Crippen molar-refractivity contribution in [1.29, 1.82) is 0 Å². The third-order valence-corrected chi connectivity index (χ3v) is 13.6. The molecule has 2 aliphatic heterocycles. The van der Waals surface area contributed by atoms with E-state index in [1.165, 1.54) is 53.1 Å².